The van der Waals surface area contributed by atoms with Crippen molar-refractivity contribution in [1.29, 1.82) is 0 Å². The van der Waals surface area contributed by atoms with Crippen LogP contribution in [-0.4, -0.2) is 41.7 Å². The number of hydrogen-bond acceptors (Lipinski definition) is 3. The van der Waals surface area contributed by atoms with Crippen molar-refractivity contribution < 1.29 is 4.79 Å². The smallest absolute Gasteiger partial charge is 0.256 e. The van der Waals surface area contributed by atoms with Gasteiger partial charge in [-0.1, -0.05) is 60.1 Å². The average Bonchev–Trinajstić information content (AvgIpc) is 3.08. The lowest BCUT2D eigenvalue weighted by Crippen LogP contribution is -2.34. The Morgan fingerprint density at radius 3 is 2.62 bits per heavy atom. The summed E-state index contributed by atoms with van der Waals surface area (Å²) in [5, 5.41) is 6.78. The molecule has 0 aliphatic carbocycles. The average molecular weight is 342 g/mol. The fourth-order valence-electron chi connectivity index (χ4n) is 2.76. The molecule has 2 aromatic rings. The lowest BCUT2D eigenvalue weighted by atomic mass is 10.1. The van der Waals surface area contributed by atoms with Crippen LogP contribution in [0.5, 0.6) is 0 Å². The van der Waals surface area contributed by atoms with Crippen molar-refractivity contribution in [2.75, 3.05) is 20.1 Å². The first-order valence-corrected chi connectivity index (χ1v) is 8.36. The van der Waals surface area contributed by atoms with E-state index >= 15 is 0 Å². The Labute approximate surface area is 147 Å². The maximum absolute atomic E-state index is 12.5. The number of hydrogen-bond donors (Lipinski definition) is 0. The Morgan fingerprint density at radius 1 is 1.17 bits per heavy atom. The summed E-state index contributed by atoms with van der Waals surface area (Å²) in [7, 11) is 1.92. The van der Waals surface area contributed by atoms with E-state index < -0.39 is 0 Å². The molecule has 0 spiro atoms. The number of likely N-dealkylation sites (N-methyl/N-ethyl adjacent to an activating group) is 1. The predicted molar refractivity (Wildman–Crippen MR) is 97.1 cm³/mol. The van der Waals surface area contributed by atoms with Gasteiger partial charge in [-0.3, -0.25) is 9.69 Å². The van der Waals surface area contributed by atoms with Gasteiger partial charge in [-0.25, -0.2) is 5.01 Å². The Kier molecular flexibility index (Phi) is 5.28. The summed E-state index contributed by atoms with van der Waals surface area (Å²) in [6, 6.07) is 17.7. The van der Waals surface area contributed by atoms with Gasteiger partial charge in [-0.2, -0.15) is 5.10 Å². The number of carbonyl (C=O) groups excluding carboxylic acids is 1. The molecule has 5 heteroatoms. The molecule has 0 saturated heterocycles. The van der Waals surface area contributed by atoms with E-state index in [9.17, 15) is 4.79 Å². The van der Waals surface area contributed by atoms with E-state index in [2.05, 4.69) is 5.10 Å². The first kappa shape index (κ1) is 16.7. The van der Waals surface area contributed by atoms with E-state index in [1.165, 1.54) is 0 Å². The van der Waals surface area contributed by atoms with Crippen molar-refractivity contribution >= 4 is 23.2 Å². The Morgan fingerprint density at radius 2 is 1.88 bits per heavy atom. The molecular formula is C19H20ClN3O. The van der Waals surface area contributed by atoms with E-state index in [4.69, 9.17) is 11.6 Å². The first-order valence-electron chi connectivity index (χ1n) is 7.98. The van der Waals surface area contributed by atoms with Gasteiger partial charge in [-0.05, 0) is 24.2 Å². The minimum atomic E-state index is 0.00971. The summed E-state index contributed by atoms with van der Waals surface area (Å²) < 4.78 is 0. The van der Waals surface area contributed by atoms with Gasteiger partial charge in [-0.15, -0.1) is 0 Å². The molecule has 0 aromatic heterocycles. The number of nitrogens with zero attached hydrogens (tertiary/aromatic N) is 3. The normalized spacial score (nSPS) is 14.1. The van der Waals surface area contributed by atoms with E-state index in [0.717, 1.165) is 28.3 Å². The molecule has 0 radical (unpaired) electrons. The van der Waals surface area contributed by atoms with Crippen LogP contribution in [0.25, 0.3) is 0 Å². The quantitative estimate of drug-likeness (QED) is 0.835. The van der Waals surface area contributed by atoms with Crippen LogP contribution in [0.2, 0.25) is 5.02 Å². The van der Waals surface area contributed by atoms with E-state index in [1.807, 2.05) is 66.5 Å². The highest BCUT2D eigenvalue weighted by molar-refractivity contribution is 6.31. The van der Waals surface area contributed by atoms with Crippen LogP contribution in [0.1, 0.15) is 17.5 Å². The van der Waals surface area contributed by atoms with Crippen LogP contribution in [0.4, 0.5) is 0 Å². The molecule has 0 saturated carbocycles. The minimum Gasteiger partial charge on any atom is -0.293 e. The zero-order chi connectivity index (χ0) is 16.9. The third kappa shape index (κ3) is 4.02. The molecular weight excluding hydrogens is 322 g/mol. The van der Waals surface area contributed by atoms with Crippen molar-refractivity contribution in [2.24, 2.45) is 5.10 Å². The highest BCUT2D eigenvalue weighted by Gasteiger charge is 2.22. The highest BCUT2D eigenvalue weighted by atomic mass is 35.5. The maximum Gasteiger partial charge on any atom is 0.256 e. The third-order valence-electron chi connectivity index (χ3n) is 4.00. The Balaban J connectivity index is 1.59. The second kappa shape index (κ2) is 7.60. The molecule has 1 amide bonds. The van der Waals surface area contributed by atoms with E-state index in [-0.39, 0.29) is 5.91 Å². The van der Waals surface area contributed by atoms with Crippen LogP contribution < -0.4 is 0 Å². The van der Waals surface area contributed by atoms with Crippen molar-refractivity contribution in [3.8, 4) is 0 Å². The highest BCUT2D eigenvalue weighted by Crippen LogP contribution is 2.17. The van der Waals surface area contributed by atoms with Crippen LogP contribution in [0.15, 0.2) is 59.7 Å². The molecule has 0 N–H and O–H groups in total. The molecule has 24 heavy (non-hydrogen) atoms. The predicted octanol–water partition coefficient (Wildman–Crippen LogP) is 3.41. The van der Waals surface area contributed by atoms with Crippen LogP contribution >= 0.6 is 11.6 Å². The second-order valence-corrected chi connectivity index (χ2v) is 6.35. The number of carbonyl (C=O) groups is 1. The lowest BCUT2D eigenvalue weighted by molar-refractivity contribution is -0.131. The SMILES string of the molecule is CN(CC(=O)N1CCC(c2ccccc2)=N1)Cc1ccccc1Cl. The van der Waals surface area contributed by atoms with Crippen molar-refractivity contribution in [2.45, 2.75) is 13.0 Å². The van der Waals surface area contributed by atoms with Gasteiger partial charge in [0.2, 0.25) is 0 Å². The molecule has 2 aromatic carbocycles. The summed E-state index contributed by atoms with van der Waals surface area (Å²) in [6.45, 7) is 1.59. The lowest BCUT2D eigenvalue weighted by Gasteiger charge is -2.19. The molecule has 4 nitrogen and oxygen atoms in total. The maximum atomic E-state index is 12.5. The summed E-state index contributed by atoms with van der Waals surface area (Å²) in [5.74, 6) is 0.00971. The van der Waals surface area contributed by atoms with Crippen LogP contribution in [0.3, 0.4) is 0 Å². The number of halogens is 1. The van der Waals surface area contributed by atoms with Gasteiger partial charge >= 0.3 is 0 Å². The summed E-state index contributed by atoms with van der Waals surface area (Å²) in [4.78, 5) is 14.4. The molecule has 0 atom stereocenters. The Hall–Kier alpha value is -2.17. The first-order chi connectivity index (χ1) is 11.6. The zero-order valence-electron chi connectivity index (χ0n) is 13.7. The minimum absolute atomic E-state index is 0.00971. The van der Waals surface area contributed by atoms with Gasteiger partial charge in [0.1, 0.15) is 0 Å². The molecule has 0 bridgehead atoms. The molecule has 1 aliphatic rings. The number of benzene rings is 2. The van der Waals surface area contributed by atoms with E-state index in [1.54, 1.807) is 5.01 Å². The van der Waals surface area contributed by atoms with Gasteiger partial charge < -0.3 is 0 Å². The molecule has 0 fully saturated rings. The van der Waals surface area contributed by atoms with Gasteiger partial charge in [0.15, 0.2) is 0 Å². The summed E-state index contributed by atoms with van der Waals surface area (Å²) >= 11 is 6.18. The van der Waals surface area contributed by atoms with Crippen LogP contribution in [0, 0.1) is 0 Å². The van der Waals surface area contributed by atoms with Crippen molar-refractivity contribution in [1.82, 2.24) is 9.91 Å². The van der Waals surface area contributed by atoms with Crippen LogP contribution in [-0.2, 0) is 11.3 Å². The number of amides is 1. The van der Waals surface area contributed by atoms with Gasteiger partial charge in [0.25, 0.3) is 5.91 Å². The molecule has 0 unspecified atom stereocenters. The number of rotatable bonds is 5. The summed E-state index contributed by atoms with van der Waals surface area (Å²) in [5.41, 5.74) is 3.07. The molecule has 1 aliphatic heterocycles. The summed E-state index contributed by atoms with van der Waals surface area (Å²) in [6.07, 6.45) is 0.796. The fraction of sp³-hybridized carbons (Fsp3) is 0.263. The van der Waals surface area contributed by atoms with E-state index in [0.29, 0.717) is 19.6 Å². The second-order valence-electron chi connectivity index (χ2n) is 5.94. The standard InChI is InChI=1S/C19H20ClN3O/c1-22(13-16-9-5-6-10-17(16)20)14-19(24)23-12-11-18(21-23)15-7-3-2-4-8-15/h2-10H,11-14H2,1H3. The third-order valence-corrected chi connectivity index (χ3v) is 4.37. The Bertz CT molecular complexity index is 745. The zero-order valence-corrected chi connectivity index (χ0v) is 14.4. The number of hydrazone groups is 1. The largest absolute Gasteiger partial charge is 0.293 e. The monoisotopic (exact) mass is 341 g/mol. The molecule has 124 valence electrons. The topological polar surface area (TPSA) is 35.9 Å². The molecule has 3 rings (SSSR count). The van der Waals surface area contributed by atoms with Crippen molar-refractivity contribution in [3.05, 3.63) is 70.7 Å². The fourth-order valence-corrected chi connectivity index (χ4v) is 2.95. The van der Waals surface area contributed by atoms with Crippen molar-refractivity contribution in [3.63, 3.8) is 0 Å². The molecule has 1 heterocycles. The van der Waals surface area contributed by atoms with Gasteiger partial charge in [0, 0.05) is 18.0 Å². The van der Waals surface area contributed by atoms with Gasteiger partial charge in [0.05, 0.1) is 18.8 Å².